The average molecular weight is 288 g/mol. The SMILES string of the molecule is CCc1ccc(-c2nc(CCNC(C)C)sc2C)cc1. The van der Waals surface area contributed by atoms with Crippen molar-refractivity contribution in [3.63, 3.8) is 0 Å². The molecule has 0 spiro atoms. The molecule has 2 aromatic rings. The summed E-state index contributed by atoms with van der Waals surface area (Å²) in [6, 6.07) is 9.33. The maximum atomic E-state index is 4.81. The number of aromatic nitrogens is 1. The topological polar surface area (TPSA) is 24.9 Å². The second kappa shape index (κ2) is 7.00. The smallest absolute Gasteiger partial charge is 0.0948 e. The van der Waals surface area contributed by atoms with Crippen LogP contribution in [0, 0.1) is 6.92 Å². The number of rotatable bonds is 6. The van der Waals surface area contributed by atoms with Crippen molar-refractivity contribution in [1.29, 1.82) is 0 Å². The fraction of sp³-hybridized carbons (Fsp3) is 0.471. The van der Waals surface area contributed by atoms with Crippen LogP contribution in [0.5, 0.6) is 0 Å². The Hall–Kier alpha value is -1.19. The van der Waals surface area contributed by atoms with Gasteiger partial charge in [0.05, 0.1) is 10.7 Å². The Balaban J connectivity index is 2.09. The molecule has 108 valence electrons. The monoisotopic (exact) mass is 288 g/mol. The van der Waals surface area contributed by atoms with E-state index < -0.39 is 0 Å². The molecule has 1 aromatic heterocycles. The van der Waals surface area contributed by atoms with Gasteiger partial charge in [0.1, 0.15) is 0 Å². The summed E-state index contributed by atoms with van der Waals surface area (Å²) in [6.45, 7) is 9.70. The van der Waals surface area contributed by atoms with Gasteiger partial charge < -0.3 is 5.32 Å². The fourth-order valence-corrected chi connectivity index (χ4v) is 3.15. The average Bonchev–Trinajstić information content (AvgIpc) is 2.79. The zero-order chi connectivity index (χ0) is 14.5. The Morgan fingerprint density at radius 2 is 1.90 bits per heavy atom. The minimum absolute atomic E-state index is 0.539. The Bertz CT molecular complexity index is 541. The van der Waals surface area contributed by atoms with Crippen molar-refractivity contribution < 1.29 is 0 Å². The van der Waals surface area contributed by atoms with Gasteiger partial charge >= 0.3 is 0 Å². The maximum Gasteiger partial charge on any atom is 0.0948 e. The highest BCUT2D eigenvalue weighted by Crippen LogP contribution is 2.28. The van der Waals surface area contributed by atoms with Crippen LogP contribution in [0.4, 0.5) is 0 Å². The van der Waals surface area contributed by atoms with Gasteiger partial charge in [0.15, 0.2) is 0 Å². The van der Waals surface area contributed by atoms with Crippen molar-refractivity contribution in [2.45, 2.75) is 46.6 Å². The van der Waals surface area contributed by atoms with Gasteiger partial charge in [-0.2, -0.15) is 0 Å². The van der Waals surface area contributed by atoms with Crippen molar-refractivity contribution in [2.75, 3.05) is 6.54 Å². The van der Waals surface area contributed by atoms with E-state index in [9.17, 15) is 0 Å². The zero-order valence-corrected chi connectivity index (χ0v) is 13.7. The molecule has 0 saturated carbocycles. The van der Waals surface area contributed by atoms with Crippen LogP contribution in [0.15, 0.2) is 24.3 Å². The predicted octanol–water partition coefficient (Wildman–Crippen LogP) is 4.22. The van der Waals surface area contributed by atoms with Crippen LogP contribution in [-0.4, -0.2) is 17.6 Å². The van der Waals surface area contributed by atoms with Gasteiger partial charge in [0.2, 0.25) is 0 Å². The third-order valence-corrected chi connectivity index (χ3v) is 4.40. The van der Waals surface area contributed by atoms with Gasteiger partial charge in [0.25, 0.3) is 0 Å². The van der Waals surface area contributed by atoms with Crippen LogP contribution >= 0.6 is 11.3 Å². The first kappa shape index (κ1) is 15.2. The summed E-state index contributed by atoms with van der Waals surface area (Å²) < 4.78 is 0. The van der Waals surface area contributed by atoms with E-state index in [2.05, 4.69) is 57.3 Å². The number of nitrogens with one attached hydrogen (secondary N) is 1. The van der Waals surface area contributed by atoms with Crippen LogP contribution in [0.1, 0.15) is 36.2 Å². The van der Waals surface area contributed by atoms with Crippen molar-refractivity contribution in [3.8, 4) is 11.3 Å². The van der Waals surface area contributed by atoms with Crippen LogP contribution in [0.3, 0.4) is 0 Å². The largest absolute Gasteiger partial charge is 0.314 e. The molecule has 0 aliphatic carbocycles. The number of hydrogen-bond acceptors (Lipinski definition) is 3. The predicted molar refractivity (Wildman–Crippen MR) is 88.5 cm³/mol. The van der Waals surface area contributed by atoms with E-state index in [0.717, 1.165) is 25.1 Å². The minimum atomic E-state index is 0.539. The molecule has 0 fully saturated rings. The lowest BCUT2D eigenvalue weighted by Gasteiger charge is -2.05. The van der Waals surface area contributed by atoms with Crippen molar-refractivity contribution in [1.82, 2.24) is 10.3 Å². The van der Waals surface area contributed by atoms with Gasteiger partial charge in [-0.05, 0) is 18.9 Å². The van der Waals surface area contributed by atoms with Crippen LogP contribution in [0.25, 0.3) is 11.3 Å². The standard InChI is InChI=1S/C17H24N2S/c1-5-14-6-8-15(9-7-14)17-13(4)20-16(19-17)10-11-18-12(2)3/h6-9,12,18H,5,10-11H2,1-4H3. The lowest BCUT2D eigenvalue weighted by Crippen LogP contribution is -2.24. The third kappa shape index (κ3) is 3.90. The Labute approximate surface area is 126 Å². The molecule has 0 unspecified atom stereocenters. The van der Waals surface area contributed by atoms with Gasteiger partial charge in [-0.1, -0.05) is 45.0 Å². The quantitative estimate of drug-likeness (QED) is 0.861. The van der Waals surface area contributed by atoms with Gasteiger partial charge in [-0.3, -0.25) is 0 Å². The van der Waals surface area contributed by atoms with E-state index in [1.54, 1.807) is 0 Å². The molecule has 1 N–H and O–H groups in total. The fourth-order valence-electron chi connectivity index (χ4n) is 2.19. The van der Waals surface area contributed by atoms with Gasteiger partial charge in [-0.25, -0.2) is 4.98 Å². The molecular weight excluding hydrogens is 264 g/mol. The third-order valence-electron chi connectivity index (χ3n) is 3.37. The molecule has 0 aliphatic heterocycles. The molecule has 0 aliphatic rings. The van der Waals surface area contributed by atoms with Gasteiger partial charge in [-0.15, -0.1) is 11.3 Å². The summed E-state index contributed by atoms with van der Waals surface area (Å²) in [4.78, 5) is 6.12. The highest BCUT2D eigenvalue weighted by atomic mass is 32.1. The minimum Gasteiger partial charge on any atom is -0.314 e. The van der Waals surface area contributed by atoms with E-state index >= 15 is 0 Å². The Morgan fingerprint density at radius 3 is 2.50 bits per heavy atom. The second-order valence-corrected chi connectivity index (χ2v) is 6.71. The first-order valence-electron chi connectivity index (χ1n) is 7.39. The van der Waals surface area contributed by atoms with E-state index in [1.807, 2.05) is 11.3 Å². The summed E-state index contributed by atoms with van der Waals surface area (Å²) in [5.74, 6) is 0. The van der Waals surface area contributed by atoms with E-state index in [-0.39, 0.29) is 0 Å². The zero-order valence-electron chi connectivity index (χ0n) is 12.9. The molecule has 0 amide bonds. The second-order valence-electron chi connectivity index (χ2n) is 5.42. The van der Waals surface area contributed by atoms with Crippen molar-refractivity contribution >= 4 is 11.3 Å². The summed E-state index contributed by atoms with van der Waals surface area (Å²) in [6.07, 6.45) is 2.10. The molecule has 2 nitrogen and oxygen atoms in total. The molecule has 3 heteroatoms. The highest BCUT2D eigenvalue weighted by Gasteiger charge is 2.09. The number of benzene rings is 1. The molecule has 0 saturated heterocycles. The van der Waals surface area contributed by atoms with Crippen LogP contribution in [0.2, 0.25) is 0 Å². The molecule has 1 heterocycles. The Morgan fingerprint density at radius 1 is 1.20 bits per heavy atom. The first-order chi connectivity index (χ1) is 9.60. The number of hydrogen-bond donors (Lipinski definition) is 1. The normalized spacial score (nSPS) is 11.2. The summed E-state index contributed by atoms with van der Waals surface area (Å²) in [5.41, 5.74) is 3.76. The van der Waals surface area contributed by atoms with Crippen LogP contribution in [-0.2, 0) is 12.8 Å². The van der Waals surface area contributed by atoms with E-state index in [1.165, 1.54) is 21.0 Å². The number of thiazole rings is 1. The number of nitrogens with zero attached hydrogens (tertiary/aromatic N) is 1. The van der Waals surface area contributed by atoms with E-state index in [4.69, 9.17) is 4.98 Å². The number of aryl methyl sites for hydroxylation is 2. The van der Waals surface area contributed by atoms with Crippen molar-refractivity contribution in [3.05, 3.63) is 39.7 Å². The lowest BCUT2D eigenvalue weighted by molar-refractivity contribution is 0.590. The molecule has 1 aromatic carbocycles. The van der Waals surface area contributed by atoms with Gasteiger partial charge in [0, 0.05) is 29.4 Å². The first-order valence-corrected chi connectivity index (χ1v) is 8.20. The highest BCUT2D eigenvalue weighted by molar-refractivity contribution is 7.12. The molecule has 0 radical (unpaired) electrons. The summed E-state index contributed by atoms with van der Waals surface area (Å²) in [7, 11) is 0. The summed E-state index contributed by atoms with van der Waals surface area (Å²) >= 11 is 1.82. The molecular formula is C17H24N2S. The van der Waals surface area contributed by atoms with Crippen molar-refractivity contribution in [2.24, 2.45) is 0 Å². The molecule has 20 heavy (non-hydrogen) atoms. The molecule has 2 rings (SSSR count). The van der Waals surface area contributed by atoms with Crippen LogP contribution < -0.4 is 5.32 Å². The molecule has 0 atom stereocenters. The lowest BCUT2D eigenvalue weighted by atomic mass is 10.1. The maximum absolute atomic E-state index is 4.81. The molecule has 0 bridgehead atoms. The van der Waals surface area contributed by atoms with E-state index in [0.29, 0.717) is 6.04 Å². The Kier molecular flexibility index (Phi) is 5.32. The summed E-state index contributed by atoms with van der Waals surface area (Å²) in [5, 5.41) is 4.67.